The molecule has 1 atom stereocenters. The number of carbonyl (C=O) groups is 2. The maximum Gasteiger partial charge on any atom is 0.326 e. The van der Waals surface area contributed by atoms with E-state index in [0.29, 0.717) is 5.56 Å². The number of hydrogen-bond donors (Lipinski definition) is 2. The van der Waals surface area contributed by atoms with Crippen molar-refractivity contribution < 1.29 is 23.1 Å². The predicted molar refractivity (Wildman–Crippen MR) is 68.5 cm³/mol. The van der Waals surface area contributed by atoms with Gasteiger partial charge in [0.25, 0.3) is 0 Å². The smallest absolute Gasteiger partial charge is 0.326 e. The lowest BCUT2D eigenvalue weighted by Crippen LogP contribution is -2.41. The van der Waals surface area contributed by atoms with E-state index in [1.165, 1.54) is 19.1 Å². The van der Waals surface area contributed by atoms with E-state index in [1.807, 2.05) is 0 Å². The lowest BCUT2D eigenvalue weighted by atomic mass is 10.1. The van der Waals surface area contributed by atoms with Gasteiger partial charge in [-0.15, -0.1) is 0 Å². The summed E-state index contributed by atoms with van der Waals surface area (Å²) >= 11 is 0. The first-order chi connectivity index (χ1) is 8.70. The van der Waals surface area contributed by atoms with Crippen LogP contribution in [0.4, 0.5) is 0 Å². The standard InChI is InChI=1S/C12H15NO5S/c1-8(14)13-11(12(15)16)7-9-4-3-5-10(6-9)19(2,17)18/h3-6,11H,7H2,1-2H3,(H,13,14)(H,15,16). The first-order valence-electron chi connectivity index (χ1n) is 5.49. The Balaban J connectivity index is 2.97. The minimum absolute atomic E-state index is 0.0261. The first-order valence-corrected chi connectivity index (χ1v) is 7.38. The van der Waals surface area contributed by atoms with Gasteiger partial charge in [-0.25, -0.2) is 13.2 Å². The van der Waals surface area contributed by atoms with Crippen LogP contribution in [0.2, 0.25) is 0 Å². The second kappa shape index (κ2) is 5.83. The summed E-state index contributed by atoms with van der Waals surface area (Å²) < 4.78 is 22.8. The quantitative estimate of drug-likeness (QED) is 0.806. The van der Waals surface area contributed by atoms with Gasteiger partial charge in [0.1, 0.15) is 6.04 Å². The van der Waals surface area contributed by atoms with Gasteiger partial charge in [0.05, 0.1) is 4.90 Å². The molecule has 0 bridgehead atoms. The van der Waals surface area contributed by atoms with Crippen LogP contribution < -0.4 is 5.32 Å². The van der Waals surface area contributed by atoms with E-state index in [0.717, 1.165) is 6.26 Å². The Labute approximate surface area is 111 Å². The summed E-state index contributed by atoms with van der Waals surface area (Å²) in [6.45, 7) is 1.23. The van der Waals surface area contributed by atoms with Gasteiger partial charge < -0.3 is 10.4 Å². The van der Waals surface area contributed by atoms with Crippen LogP contribution in [0.15, 0.2) is 29.2 Å². The zero-order valence-electron chi connectivity index (χ0n) is 10.6. The Morgan fingerprint density at radius 1 is 1.37 bits per heavy atom. The Morgan fingerprint density at radius 2 is 2.00 bits per heavy atom. The third-order valence-corrected chi connectivity index (χ3v) is 3.55. The predicted octanol–water partition coefficient (Wildman–Crippen LogP) is 0.222. The second-order valence-corrected chi connectivity index (χ2v) is 6.23. The SMILES string of the molecule is CC(=O)NC(Cc1cccc(S(C)(=O)=O)c1)C(=O)O. The second-order valence-electron chi connectivity index (χ2n) is 4.22. The van der Waals surface area contributed by atoms with Crippen molar-refractivity contribution in [1.29, 1.82) is 0 Å². The zero-order chi connectivity index (χ0) is 14.6. The van der Waals surface area contributed by atoms with E-state index in [9.17, 15) is 18.0 Å². The van der Waals surface area contributed by atoms with Gasteiger partial charge in [-0.05, 0) is 17.7 Å². The van der Waals surface area contributed by atoms with E-state index in [1.54, 1.807) is 12.1 Å². The highest BCUT2D eigenvalue weighted by Gasteiger charge is 2.19. The molecule has 0 aliphatic rings. The fourth-order valence-electron chi connectivity index (χ4n) is 1.58. The maximum absolute atomic E-state index is 11.4. The van der Waals surface area contributed by atoms with Gasteiger partial charge in [0.15, 0.2) is 9.84 Å². The van der Waals surface area contributed by atoms with Crippen LogP contribution in [0.25, 0.3) is 0 Å². The zero-order valence-corrected chi connectivity index (χ0v) is 11.4. The molecule has 1 aromatic rings. The normalized spacial score (nSPS) is 12.7. The van der Waals surface area contributed by atoms with Crippen LogP contribution in [0, 0.1) is 0 Å². The highest BCUT2D eigenvalue weighted by Crippen LogP contribution is 2.13. The molecule has 0 heterocycles. The summed E-state index contributed by atoms with van der Waals surface area (Å²) in [4.78, 5) is 22.0. The number of carboxylic acid groups (broad SMARTS) is 1. The van der Waals surface area contributed by atoms with Crippen molar-refractivity contribution in [2.45, 2.75) is 24.3 Å². The van der Waals surface area contributed by atoms with Crippen LogP contribution >= 0.6 is 0 Å². The minimum atomic E-state index is -3.34. The topological polar surface area (TPSA) is 101 Å². The fourth-order valence-corrected chi connectivity index (χ4v) is 2.28. The molecular weight excluding hydrogens is 270 g/mol. The number of hydrogen-bond acceptors (Lipinski definition) is 4. The van der Waals surface area contributed by atoms with E-state index in [-0.39, 0.29) is 11.3 Å². The van der Waals surface area contributed by atoms with Crippen molar-refractivity contribution in [1.82, 2.24) is 5.32 Å². The van der Waals surface area contributed by atoms with Crippen LogP contribution in [0.3, 0.4) is 0 Å². The molecule has 0 fully saturated rings. The molecule has 2 N–H and O–H groups in total. The van der Waals surface area contributed by atoms with Crippen molar-refractivity contribution in [3.05, 3.63) is 29.8 Å². The maximum atomic E-state index is 11.4. The van der Waals surface area contributed by atoms with E-state index in [4.69, 9.17) is 5.11 Å². The number of benzene rings is 1. The molecule has 1 rings (SSSR count). The molecule has 19 heavy (non-hydrogen) atoms. The highest BCUT2D eigenvalue weighted by atomic mass is 32.2. The average Bonchev–Trinajstić information content (AvgIpc) is 2.26. The molecule has 1 amide bonds. The molecule has 7 heteroatoms. The third kappa shape index (κ3) is 4.70. The molecule has 104 valence electrons. The van der Waals surface area contributed by atoms with Gasteiger partial charge in [-0.1, -0.05) is 12.1 Å². The van der Waals surface area contributed by atoms with Gasteiger partial charge in [-0.2, -0.15) is 0 Å². The van der Waals surface area contributed by atoms with Crippen molar-refractivity contribution in [3.8, 4) is 0 Å². The highest BCUT2D eigenvalue weighted by molar-refractivity contribution is 7.90. The van der Waals surface area contributed by atoms with Crippen LogP contribution in [0.5, 0.6) is 0 Å². The van der Waals surface area contributed by atoms with Gasteiger partial charge in [0, 0.05) is 19.6 Å². The largest absolute Gasteiger partial charge is 0.480 e. The molecule has 0 saturated heterocycles. The Bertz CT molecular complexity index is 594. The van der Waals surface area contributed by atoms with E-state index >= 15 is 0 Å². The summed E-state index contributed by atoms with van der Waals surface area (Å²) in [6, 6.07) is 4.93. The minimum Gasteiger partial charge on any atom is -0.480 e. The lowest BCUT2D eigenvalue weighted by molar-refractivity contribution is -0.141. The van der Waals surface area contributed by atoms with Crippen molar-refractivity contribution in [2.24, 2.45) is 0 Å². The molecule has 0 saturated carbocycles. The van der Waals surface area contributed by atoms with Crippen molar-refractivity contribution >= 4 is 21.7 Å². The summed E-state index contributed by atoms with van der Waals surface area (Å²) in [6.07, 6.45) is 1.10. The Kier molecular flexibility index (Phi) is 4.66. The monoisotopic (exact) mass is 285 g/mol. The molecule has 0 radical (unpaired) electrons. The summed E-state index contributed by atoms with van der Waals surface area (Å²) in [7, 11) is -3.34. The molecular formula is C12H15NO5S. The van der Waals surface area contributed by atoms with E-state index < -0.39 is 27.8 Å². The Morgan fingerprint density at radius 3 is 2.47 bits per heavy atom. The van der Waals surface area contributed by atoms with Crippen molar-refractivity contribution in [2.75, 3.05) is 6.26 Å². The first kappa shape index (κ1) is 15.2. The average molecular weight is 285 g/mol. The molecule has 0 aliphatic heterocycles. The molecule has 0 aromatic heterocycles. The van der Waals surface area contributed by atoms with E-state index in [2.05, 4.69) is 5.32 Å². The summed E-state index contributed by atoms with van der Waals surface area (Å²) in [5, 5.41) is 11.3. The van der Waals surface area contributed by atoms with Gasteiger partial charge in [-0.3, -0.25) is 4.79 Å². The lowest BCUT2D eigenvalue weighted by Gasteiger charge is -2.13. The third-order valence-electron chi connectivity index (χ3n) is 2.44. The number of rotatable bonds is 5. The number of carbonyl (C=O) groups excluding carboxylic acids is 1. The van der Waals surface area contributed by atoms with Crippen LogP contribution in [-0.4, -0.2) is 37.7 Å². The number of amides is 1. The van der Waals surface area contributed by atoms with Gasteiger partial charge in [0.2, 0.25) is 5.91 Å². The molecule has 6 nitrogen and oxygen atoms in total. The number of nitrogens with one attached hydrogen (secondary N) is 1. The molecule has 0 aliphatic carbocycles. The Hall–Kier alpha value is -1.89. The summed E-state index contributed by atoms with van der Waals surface area (Å²) in [5.74, 6) is -1.62. The molecule has 1 aromatic carbocycles. The number of sulfone groups is 1. The van der Waals surface area contributed by atoms with Crippen LogP contribution in [-0.2, 0) is 25.8 Å². The van der Waals surface area contributed by atoms with Gasteiger partial charge >= 0.3 is 5.97 Å². The molecule has 0 spiro atoms. The van der Waals surface area contributed by atoms with Crippen molar-refractivity contribution in [3.63, 3.8) is 0 Å². The summed E-state index contributed by atoms with van der Waals surface area (Å²) in [5.41, 5.74) is 0.532. The van der Waals surface area contributed by atoms with Crippen LogP contribution in [0.1, 0.15) is 12.5 Å². The number of aliphatic carboxylic acids is 1. The fraction of sp³-hybridized carbons (Fsp3) is 0.333. The number of carboxylic acids is 1. The molecule has 1 unspecified atom stereocenters.